The van der Waals surface area contributed by atoms with Crippen molar-refractivity contribution in [3.05, 3.63) is 35.7 Å². The number of hydrogen-bond acceptors (Lipinski definition) is 4. The molecule has 1 unspecified atom stereocenters. The minimum absolute atomic E-state index is 0.238. The molecule has 4 rings (SSSR count). The molecule has 2 aliphatic rings. The van der Waals surface area contributed by atoms with Gasteiger partial charge in [0.15, 0.2) is 0 Å². The van der Waals surface area contributed by atoms with Gasteiger partial charge in [0.2, 0.25) is 11.9 Å². The average Bonchev–Trinajstić information content (AvgIpc) is 3.17. The maximum Gasteiger partial charge on any atom is 0.407 e. The summed E-state index contributed by atoms with van der Waals surface area (Å²) >= 11 is 0. The molecule has 1 saturated heterocycles. The molecule has 1 aromatic carbocycles. The van der Waals surface area contributed by atoms with Gasteiger partial charge in [-0.3, -0.25) is 14.6 Å². The largest absolute Gasteiger partial charge is 0.497 e. The minimum Gasteiger partial charge on any atom is -0.497 e. The van der Waals surface area contributed by atoms with Crippen LogP contribution in [0.15, 0.2) is 29.3 Å². The Balaban J connectivity index is 1.91. The van der Waals surface area contributed by atoms with Gasteiger partial charge in [-0.25, -0.2) is 9.36 Å². The smallest absolute Gasteiger partial charge is 0.407 e. The Hall–Kier alpha value is -3.16. The monoisotopic (exact) mass is 368 g/mol. The second-order valence-electron chi connectivity index (χ2n) is 6.67. The van der Waals surface area contributed by atoms with Gasteiger partial charge >= 0.3 is 12.0 Å². The topological polar surface area (TPSA) is 71.0 Å². The van der Waals surface area contributed by atoms with Crippen LogP contribution in [0, 0.1) is 13.8 Å². The number of likely N-dealkylation sites (N-methyl/N-ethyl adjacent to an activating group) is 2. The van der Waals surface area contributed by atoms with Crippen LogP contribution in [-0.2, 0) is 4.79 Å². The Morgan fingerprint density at radius 3 is 2.44 bits per heavy atom. The van der Waals surface area contributed by atoms with E-state index in [0.717, 1.165) is 22.8 Å². The van der Waals surface area contributed by atoms with Gasteiger partial charge in [-0.15, -0.1) is 0 Å². The van der Waals surface area contributed by atoms with E-state index in [-0.39, 0.29) is 11.9 Å². The lowest BCUT2D eigenvalue weighted by Crippen LogP contribution is -2.63. The van der Waals surface area contributed by atoms with E-state index in [1.54, 1.807) is 21.1 Å². The van der Waals surface area contributed by atoms with Gasteiger partial charge < -0.3 is 4.74 Å². The first-order valence-electron chi connectivity index (χ1n) is 8.86. The van der Waals surface area contributed by atoms with Crippen molar-refractivity contribution in [2.75, 3.05) is 20.7 Å². The summed E-state index contributed by atoms with van der Waals surface area (Å²) in [5.41, 5.74) is 2.85. The molecular weight excluding hydrogens is 346 g/mol. The van der Waals surface area contributed by atoms with E-state index in [2.05, 4.69) is 0 Å². The molecule has 1 aromatic heterocycles. The summed E-state index contributed by atoms with van der Waals surface area (Å²) in [6.07, 6.45) is 0. The van der Waals surface area contributed by atoms with Crippen molar-refractivity contribution in [1.29, 1.82) is 0 Å². The number of urea groups is 1. The first-order valence-corrected chi connectivity index (χ1v) is 8.86. The van der Waals surface area contributed by atoms with Crippen LogP contribution in [0.1, 0.15) is 24.4 Å². The first-order chi connectivity index (χ1) is 12.9. The van der Waals surface area contributed by atoms with Gasteiger partial charge in [-0.1, -0.05) is 4.99 Å². The Labute approximate surface area is 157 Å². The normalized spacial score (nSPS) is 18.6. The van der Waals surface area contributed by atoms with Gasteiger partial charge in [-0.05, 0) is 45.0 Å². The zero-order valence-electron chi connectivity index (χ0n) is 16.1. The minimum atomic E-state index is -0.610. The number of fused-ring (bicyclic) bond motifs is 3. The van der Waals surface area contributed by atoms with Crippen LogP contribution in [0.3, 0.4) is 0 Å². The fourth-order valence-electron chi connectivity index (χ4n) is 3.77. The number of ether oxygens (including phenoxy) is 1. The van der Waals surface area contributed by atoms with Crippen LogP contribution in [0.4, 0.5) is 10.7 Å². The lowest BCUT2D eigenvalue weighted by Gasteiger charge is -2.32. The lowest BCUT2D eigenvalue weighted by molar-refractivity contribution is -0.682. The first kappa shape index (κ1) is 17.3. The van der Waals surface area contributed by atoms with E-state index in [4.69, 9.17) is 9.73 Å². The SMILES string of the molecule is CCN1C(=O)C2C(=Nc3n(-c4ccc(OC)cc4)c(C)c(C)[n+]32)N(C)C1=O. The van der Waals surface area contributed by atoms with E-state index in [9.17, 15) is 9.59 Å². The van der Waals surface area contributed by atoms with Crippen LogP contribution in [0.2, 0.25) is 0 Å². The molecule has 0 N–H and O–H groups in total. The number of nitrogens with zero attached hydrogens (tertiary/aromatic N) is 5. The fourth-order valence-corrected chi connectivity index (χ4v) is 3.77. The Kier molecular flexibility index (Phi) is 3.80. The number of amidine groups is 1. The number of hydrogen-bond donors (Lipinski definition) is 0. The Morgan fingerprint density at radius 2 is 1.85 bits per heavy atom. The second-order valence-corrected chi connectivity index (χ2v) is 6.67. The molecule has 140 valence electrons. The number of aliphatic imine (C=N–C) groups is 1. The maximum atomic E-state index is 13.0. The van der Waals surface area contributed by atoms with E-state index < -0.39 is 6.04 Å². The van der Waals surface area contributed by atoms with E-state index in [1.807, 2.05) is 47.2 Å². The molecule has 27 heavy (non-hydrogen) atoms. The number of amides is 3. The summed E-state index contributed by atoms with van der Waals surface area (Å²) in [4.78, 5) is 32.9. The van der Waals surface area contributed by atoms with Crippen molar-refractivity contribution >= 4 is 23.7 Å². The van der Waals surface area contributed by atoms with Crippen molar-refractivity contribution in [3.63, 3.8) is 0 Å². The highest BCUT2D eigenvalue weighted by Crippen LogP contribution is 2.33. The van der Waals surface area contributed by atoms with Crippen molar-refractivity contribution in [3.8, 4) is 11.4 Å². The van der Waals surface area contributed by atoms with E-state index in [1.165, 1.54) is 9.80 Å². The molecule has 3 heterocycles. The number of aromatic nitrogens is 2. The van der Waals surface area contributed by atoms with Crippen molar-refractivity contribution in [2.45, 2.75) is 26.8 Å². The third kappa shape index (κ3) is 2.22. The van der Waals surface area contributed by atoms with Gasteiger partial charge in [0, 0.05) is 13.6 Å². The summed E-state index contributed by atoms with van der Waals surface area (Å²) in [6.45, 7) is 6.10. The molecular formula is C19H22N5O3+. The Morgan fingerprint density at radius 1 is 1.19 bits per heavy atom. The number of carbonyl (C=O) groups is 2. The molecule has 2 aromatic rings. The molecule has 0 aliphatic carbocycles. The molecule has 1 fully saturated rings. The molecule has 0 saturated carbocycles. The molecule has 1 atom stereocenters. The molecule has 0 radical (unpaired) electrons. The quantitative estimate of drug-likeness (QED) is 0.777. The highest BCUT2D eigenvalue weighted by atomic mass is 16.5. The molecule has 3 amide bonds. The summed E-state index contributed by atoms with van der Waals surface area (Å²) in [5, 5.41) is 0. The standard InChI is InChI=1S/C19H22N5O3/c1-6-22-17(25)15-16(21(4)19(22)26)20-18-23(11(2)12(3)24(15)18)13-7-9-14(27-5)10-8-13/h7-10,15H,6H2,1-5H3/q+1. The number of imidazole rings is 1. The van der Waals surface area contributed by atoms with Crippen LogP contribution in [0.5, 0.6) is 5.75 Å². The number of benzene rings is 1. The zero-order chi connectivity index (χ0) is 19.5. The molecule has 8 nitrogen and oxygen atoms in total. The Bertz CT molecular complexity index is 990. The lowest BCUT2D eigenvalue weighted by atomic mass is 10.1. The third-order valence-electron chi connectivity index (χ3n) is 5.36. The van der Waals surface area contributed by atoms with Crippen LogP contribution < -0.4 is 9.30 Å². The highest BCUT2D eigenvalue weighted by Gasteiger charge is 2.53. The van der Waals surface area contributed by atoms with Gasteiger partial charge in [0.05, 0.1) is 7.11 Å². The second kappa shape index (κ2) is 5.94. The molecule has 0 spiro atoms. The van der Waals surface area contributed by atoms with Crippen LogP contribution >= 0.6 is 0 Å². The average molecular weight is 368 g/mol. The predicted molar refractivity (Wildman–Crippen MR) is 98.7 cm³/mol. The van der Waals surface area contributed by atoms with E-state index in [0.29, 0.717) is 18.3 Å². The molecule has 8 heteroatoms. The highest BCUT2D eigenvalue weighted by molar-refractivity contribution is 6.19. The summed E-state index contributed by atoms with van der Waals surface area (Å²) in [7, 11) is 3.29. The molecule has 0 bridgehead atoms. The predicted octanol–water partition coefficient (Wildman–Crippen LogP) is 1.89. The third-order valence-corrected chi connectivity index (χ3v) is 5.36. The zero-order valence-corrected chi connectivity index (χ0v) is 16.1. The van der Waals surface area contributed by atoms with Crippen LogP contribution in [-0.4, -0.2) is 52.8 Å². The van der Waals surface area contributed by atoms with Gasteiger partial charge in [0.1, 0.15) is 22.8 Å². The van der Waals surface area contributed by atoms with Crippen molar-refractivity contribution in [1.82, 2.24) is 14.4 Å². The molecule has 2 aliphatic heterocycles. The summed E-state index contributed by atoms with van der Waals surface area (Å²) in [5.74, 6) is 1.64. The number of rotatable bonds is 3. The number of methoxy groups -OCH3 is 1. The van der Waals surface area contributed by atoms with Crippen molar-refractivity contribution in [2.24, 2.45) is 4.99 Å². The summed E-state index contributed by atoms with van der Waals surface area (Å²) < 4.78 is 9.16. The van der Waals surface area contributed by atoms with Crippen molar-refractivity contribution < 1.29 is 18.9 Å². The fraction of sp³-hybridized carbons (Fsp3) is 0.368. The maximum absolute atomic E-state index is 13.0. The summed E-state index contributed by atoms with van der Waals surface area (Å²) in [6, 6.07) is 6.72. The van der Waals surface area contributed by atoms with Crippen LogP contribution in [0.25, 0.3) is 5.69 Å². The van der Waals surface area contributed by atoms with E-state index >= 15 is 0 Å². The number of carbonyl (C=O) groups excluding carboxylic acids is 2. The number of imide groups is 1. The van der Waals surface area contributed by atoms with Gasteiger partial charge in [-0.2, -0.15) is 4.57 Å². The van der Waals surface area contributed by atoms with Gasteiger partial charge in [0.25, 0.3) is 5.91 Å².